The maximum atomic E-state index is 10.2. The van der Waals surface area contributed by atoms with Crippen molar-refractivity contribution < 1.29 is 4.74 Å². The van der Waals surface area contributed by atoms with E-state index in [0.29, 0.717) is 28.6 Å². The Kier molecular flexibility index (Phi) is 6.98. The quantitative estimate of drug-likeness (QED) is 0.184. The van der Waals surface area contributed by atoms with Gasteiger partial charge in [-0.15, -0.1) is 0 Å². The van der Waals surface area contributed by atoms with E-state index in [1.54, 1.807) is 0 Å². The van der Waals surface area contributed by atoms with E-state index in [1.165, 1.54) is 0 Å². The number of nitriles is 1. The monoisotopic (exact) mass is 679 g/mol. The van der Waals surface area contributed by atoms with Crippen LogP contribution in [-0.2, 0) is 5.41 Å². The van der Waals surface area contributed by atoms with Crippen LogP contribution >= 0.6 is 0 Å². The molecule has 2 aliphatic rings. The minimum absolute atomic E-state index is 0.474. The molecule has 0 saturated heterocycles. The van der Waals surface area contributed by atoms with Crippen molar-refractivity contribution in [3.63, 3.8) is 0 Å². The molecule has 1 aromatic heterocycles. The largest absolute Gasteiger partial charge is 0.457 e. The molecular weight excluding hydrogens is 651 g/mol. The molecule has 0 atom stereocenters. The maximum absolute atomic E-state index is 10.2. The molecule has 0 aliphatic carbocycles. The zero-order valence-electron chi connectivity index (χ0n) is 28.4. The average molecular weight is 680 g/mol. The zero-order chi connectivity index (χ0) is 35.4. The van der Waals surface area contributed by atoms with E-state index in [4.69, 9.17) is 19.7 Å². The Bertz CT molecular complexity index is 2590. The molecule has 53 heavy (non-hydrogen) atoms. The molecule has 6 nitrogen and oxygen atoms in total. The Morgan fingerprint density at radius 1 is 0.453 bits per heavy atom. The zero-order valence-corrected chi connectivity index (χ0v) is 28.4. The van der Waals surface area contributed by atoms with Crippen molar-refractivity contribution in [1.82, 2.24) is 15.0 Å². The van der Waals surface area contributed by atoms with Gasteiger partial charge in [-0.25, -0.2) is 15.0 Å². The van der Waals surface area contributed by atoms with Crippen LogP contribution < -0.4 is 9.64 Å². The second-order valence-corrected chi connectivity index (χ2v) is 13.1. The predicted octanol–water partition coefficient (Wildman–Crippen LogP) is 11.0. The van der Waals surface area contributed by atoms with Crippen molar-refractivity contribution in [2.24, 2.45) is 0 Å². The predicted molar refractivity (Wildman–Crippen MR) is 207 cm³/mol. The van der Waals surface area contributed by atoms with Crippen molar-refractivity contribution in [2.45, 2.75) is 5.41 Å². The Morgan fingerprint density at radius 2 is 0.906 bits per heavy atom. The van der Waals surface area contributed by atoms with Gasteiger partial charge in [-0.1, -0.05) is 133 Å². The number of anilines is 3. The molecule has 2 aliphatic heterocycles. The number of hydrogen-bond donors (Lipinski definition) is 0. The third-order valence-corrected chi connectivity index (χ3v) is 10.2. The first-order valence-corrected chi connectivity index (χ1v) is 17.5. The number of fused-ring (bicyclic) bond motifs is 8. The fourth-order valence-corrected chi connectivity index (χ4v) is 7.99. The van der Waals surface area contributed by atoms with Gasteiger partial charge in [0.2, 0.25) is 0 Å². The molecule has 1 spiro atoms. The number of rotatable bonds is 4. The molecule has 0 amide bonds. The van der Waals surface area contributed by atoms with Gasteiger partial charge >= 0.3 is 0 Å². The van der Waals surface area contributed by atoms with Gasteiger partial charge in [0.25, 0.3) is 0 Å². The SMILES string of the molecule is N#Cc1ccc(N2c3ccccc3C3(c4ccccc4Oc4ccccc43)c3ccccc32)c(-c2nc(-c3ccccc3)nc(-c3ccccc3)n2)c1. The first kappa shape index (κ1) is 30.5. The molecule has 3 heterocycles. The Labute approximate surface area is 306 Å². The molecule has 0 radical (unpaired) electrons. The van der Waals surface area contributed by atoms with E-state index in [2.05, 4.69) is 95.9 Å². The van der Waals surface area contributed by atoms with Gasteiger partial charge in [-0.3, -0.25) is 0 Å². The molecule has 8 aromatic rings. The number of benzene rings is 7. The highest BCUT2D eigenvalue weighted by atomic mass is 16.5. The van der Waals surface area contributed by atoms with Crippen LogP contribution in [0, 0.1) is 11.3 Å². The lowest BCUT2D eigenvalue weighted by Crippen LogP contribution is -2.39. The summed E-state index contributed by atoms with van der Waals surface area (Å²) >= 11 is 0. The van der Waals surface area contributed by atoms with Gasteiger partial charge in [0, 0.05) is 27.8 Å². The third kappa shape index (κ3) is 4.68. The van der Waals surface area contributed by atoms with E-state index in [-0.39, 0.29) is 0 Å². The number of nitrogens with zero attached hydrogens (tertiary/aromatic N) is 5. The highest BCUT2D eigenvalue weighted by molar-refractivity contribution is 5.95. The van der Waals surface area contributed by atoms with Gasteiger partial charge in [-0.05, 0) is 53.6 Å². The second-order valence-electron chi connectivity index (χ2n) is 13.1. The summed E-state index contributed by atoms with van der Waals surface area (Å²) in [7, 11) is 0. The first-order valence-electron chi connectivity index (χ1n) is 17.5. The molecule has 7 aromatic carbocycles. The molecule has 10 rings (SSSR count). The molecule has 0 fully saturated rings. The highest BCUT2D eigenvalue weighted by Crippen LogP contribution is 2.63. The summed E-state index contributed by atoms with van der Waals surface area (Å²) in [6.45, 7) is 0. The Hall–Kier alpha value is -7.36. The molecule has 6 heteroatoms. The topological polar surface area (TPSA) is 74.9 Å². The van der Waals surface area contributed by atoms with Gasteiger partial charge in [0.05, 0.1) is 34.1 Å². The second kappa shape index (κ2) is 12.2. The molecule has 248 valence electrons. The van der Waals surface area contributed by atoms with E-state index in [9.17, 15) is 5.26 Å². The fraction of sp³-hybridized carbons (Fsp3) is 0.0213. The summed E-state index contributed by atoms with van der Waals surface area (Å²) in [6.07, 6.45) is 0. The maximum Gasteiger partial charge on any atom is 0.166 e. The minimum Gasteiger partial charge on any atom is -0.457 e. The van der Waals surface area contributed by atoms with Crippen LogP contribution in [0.2, 0.25) is 0 Å². The summed E-state index contributed by atoms with van der Waals surface area (Å²) in [5, 5.41) is 10.2. The standard InChI is InChI=1S/C47H29N5O/c48-30-31-27-28-39(34(29-31)46-50-44(32-15-3-1-4-16-32)49-45(51-46)33-17-5-2-6-18-33)52-40-23-11-7-19-35(40)47(36-20-8-12-24-41(36)52)37-21-9-13-25-42(37)53-43-26-14-10-22-38(43)47/h1-29H. The van der Waals surface area contributed by atoms with Crippen molar-refractivity contribution in [1.29, 1.82) is 5.26 Å². The molecule has 0 unspecified atom stereocenters. The molecular formula is C47H29N5O. The fourth-order valence-electron chi connectivity index (χ4n) is 7.99. The molecule has 0 N–H and O–H groups in total. The average Bonchev–Trinajstić information content (AvgIpc) is 3.24. The summed E-state index contributed by atoms with van der Waals surface area (Å²) < 4.78 is 6.58. The van der Waals surface area contributed by atoms with E-state index >= 15 is 0 Å². The first-order chi connectivity index (χ1) is 26.2. The number of para-hydroxylation sites is 4. The Morgan fingerprint density at radius 3 is 1.43 bits per heavy atom. The van der Waals surface area contributed by atoms with Crippen LogP contribution in [0.25, 0.3) is 34.2 Å². The van der Waals surface area contributed by atoms with Crippen molar-refractivity contribution in [2.75, 3.05) is 4.90 Å². The third-order valence-electron chi connectivity index (χ3n) is 10.2. The number of hydrogen-bond acceptors (Lipinski definition) is 6. The summed E-state index contributed by atoms with van der Waals surface area (Å²) in [5.41, 5.74) is 9.54. The van der Waals surface area contributed by atoms with E-state index < -0.39 is 5.41 Å². The normalized spacial score (nSPS) is 13.2. The van der Waals surface area contributed by atoms with Crippen LogP contribution in [-0.4, -0.2) is 15.0 Å². The van der Waals surface area contributed by atoms with Crippen molar-refractivity contribution in [3.8, 4) is 51.7 Å². The van der Waals surface area contributed by atoms with Gasteiger partial charge < -0.3 is 9.64 Å². The van der Waals surface area contributed by atoms with E-state index in [1.807, 2.05) is 91.0 Å². The van der Waals surface area contributed by atoms with Crippen LogP contribution in [0.5, 0.6) is 11.5 Å². The summed E-state index contributed by atoms with van der Waals surface area (Å²) in [5.74, 6) is 3.24. The van der Waals surface area contributed by atoms with Gasteiger partial charge in [-0.2, -0.15) is 5.26 Å². The number of ether oxygens (including phenoxy) is 1. The summed E-state index contributed by atoms with van der Waals surface area (Å²) in [6, 6.07) is 61.9. The summed E-state index contributed by atoms with van der Waals surface area (Å²) in [4.78, 5) is 17.5. The lowest BCUT2D eigenvalue weighted by molar-refractivity contribution is 0.434. The minimum atomic E-state index is -0.671. The highest BCUT2D eigenvalue weighted by Gasteiger charge is 2.51. The molecule has 0 bridgehead atoms. The van der Waals surface area contributed by atoms with Gasteiger partial charge in [0.1, 0.15) is 11.5 Å². The Balaban J connectivity index is 1.27. The lowest BCUT2D eigenvalue weighted by Gasteiger charge is -2.48. The van der Waals surface area contributed by atoms with Crippen LogP contribution in [0.15, 0.2) is 176 Å². The van der Waals surface area contributed by atoms with Crippen LogP contribution in [0.4, 0.5) is 17.1 Å². The van der Waals surface area contributed by atoms with Crippen molar-refractivity contribution >= 4 is 17.1 Å². The van der Waals surface area contributed by atoms with Crippen molar-refractivity contribution in [3.05, 3.63) is 204 Å². The molecule has 0 saturated carbocycles. The lowest BCUT2D eigenvalue weighted by atomic mass is 9.61. The number of aromatic nitrogens is 3. The van der Waals surface area contributed by atoms with Crippen LogP contribution in [0.3, 0.4) is 0 Å². The van der Waals surface area contributed by atoms with E-state index in [0.717, 1.165) is 61.9 Å². The van der Waals surface area contributed by atoms with Crippen LogP contribution in [0.1, 0.15) is 27.8 Å². The van der Waals surface area contributed by atoms with Gasteiger partial charge in [0.15, 0.2) is 17.5 Å². The smallest absolute Gasteiger partial charge is 0.166 e.